The van der Waals surface area contributed by atoms with Crippen LogP contribution in [0.2, 0.25) is 0 Å². The molecule has 6 heteroatoms. The number of aliphatic hydroxyl groups excluding tert-OH is 1. The lowest BCUT2D eigenvalue weighted by molar-refractivity contribution is -0.873. The molecule has 1 N–H and O–H groups in total. The Kier molecular flexibility index (Phi) is 12.5. The molecule has 0 amide bonds. The summed E-state index contributed by atoms with van der Waals surface area (Å²) in [6.45, 7) is 2.54. The summed E-state index contributed by atoms with van der Waals surface area (Å²) in [6, 6.07) is 0. The molecule has 0 aliphatic rings. The molecule has 0 saturated heterocycles. The van der Waals surface area contributed by atoms with Crippen molar-refractivity contribution in [3.63, 3.8) is 0 Å². The van der Waals surface area contributed by atoms with Gasteiger partial charge in [-0.3, -0.25) is 0 Å². The molecule has 0 radical (unpaired) electrons. The van der Waals surface area contributed by atoms with Gasteiger partial charge in [0.25, 0.3) is 0 Å². The van der Waals surface area contributed by atoms with Crippen molar-refractivity contribution in [1.82, 2.24) is 0 Å². The summed E-state index contributed by atoms with van der Waals surface area (Å²) in [7, 11) is 5.65. The molecule has 2 unspecified atom stereocenters. The molecule has 0 aromatic carbocycles. The lowest BCUT2D eigenvalue weighted by Crippen LogP contribution is -2.46. The van der Waals surface area contributed by atoms with Crippen molar-refractivity contribution in [2.24, 2.45) is 0 Å². The van der Waals surface area contributed by atoms with E-state index in [1.165, 1.54) is 32.1 Å². The van der Waals surface area contributed by atoms with E-state index in [-0.39, 0.29) is 6.42 Å². The zero-order valence-corrected chi connectivity index (χ0v) is 16.5. The Morgan fingerprint density at radius 1 is 1.00 bits per heavy atom. The average Bonchev–Trinajstić information content (AvgIpc) is 2.47. The summed E-state index contributed by atoms with van der Waals surface area (Å²) in [5.41, 5.74) is 0. The molecule has 148 valence electrons. The minimum atomic E-state index is -1.26. The molecule has 0 aromatic heterocycles. The Bertz CT molecular complexity index is 379. The second-order valence-electron chi connectivity index (χ2n) is 7.89. The number of carbonyl (C=O) groups excluding carboxylic acids is 2. The normalized spacial score (nSPS) is 14.1. The minimum absolute atomic E-state index is 0.351. The highest BCUT2D eigenvalue weighted by molar-refractivity contribution is 5.75. The van der Waals surface area contributed by atoms with E-state index in [2.05, 4.69) is 6.92 Å². The Morgan fingerprint density at radius 3 is 2.00 bits per heavy atom. The number of aliphatic carboxylic acids is 1. The maximum atomic E-state index is 12.0. The third-order valence-corrected chi connectivity index (χ3v) is 4.03. The van der Waals surface area contributed by atoms with Crippen LogP contribution in [0.15, 0.2) is 0 Å². The van der Waals surface area contributed by atoms with E-state index in [1.54, 1.807) is 0 Å². The second kappa shape index (κ2) is 13.1. The molecule has 25 heavy (non-hydrogen) atoms. The molecule has 0 fully saturated rings. The standard InChI is InChI=1S/C19H37NO5/c1-5-6-7-8-9-10-11-12-13-17(21)19(24)25-16(14-18(22)23)15-20(2,3)4/h16-17,21H,5-15H2,1-4H3. The number of hydrogen-bond acceptors (Lipinski definition) is 5. The average molecular weight is 360 g/mol. The van der Waals surface area contributed by atoms with Gasteiger partial charge in [0, 0.05) is 12.4 Å². The number of esters is 1. The van der Waals surface area contributed by atoms with Crippen molar-refractivity contribution < 1.29 is 29.0 Å². The lowest BCUT2D eigenvalue weighted by Gasteiger charge is -2.29. The molecule has 0 aliphatic carbocycles. The largest absolute Gasteiger partial charge is 0.550 e. The molecule has 0 bridgehead atoms. The number of unbranched alkanes of at least 4 members (excludes halogenated alkanes) is 7. The molecule has 0 heterocycles. The molecule has 0 saturated carbocycles. The van der Waals surface area contributed by atoms with E-state index in [9.17, 15) is 19.8 Å². The quantitative estimate of drug-likeness (QED) is 0.273. The number of carboxylic acid groups (broad SMARTS) is 1. The SMILES string of the molecule is CCCCCCCCCCC(O)C(=O)OC(CC(=O)[O-])C[N+](C)(C)C. The number of hydrogen-bond donors (Lipinski definition) is 1. The van der Waals surface area contributed by atoms with Crippen LogP contribution >= 0.6 is 0 Å². The molecular weight excluding hydrogens is 322 g/mol. The van der Waals surface area contributed by atoms with Gasteiger partial charge in [0.2, 0.25) is 0 Å². The highest BCUT2D eigenvalue weighted by atomic mass is 16.6. The fourth-order valence-corrected chi connectivity index (χ4v) is 2.77. The van der Waals surface area contributed by atoms with Gasteiger partial charge in [-0.1, -0.05) is 58.3 Å². The van der Waals surface area contributed by atoms with Crippen molar-refractivity contribution >= 4 is 11.9 Å². The first kappa shape index (κ1) is 23.9. The van der Waals surface area contributed by atoms with Gasteiger partial charge in [-0.15, -0.1) is 0 Å². The van der Waals surface area contributed by atoms with Crippen LogP contribution in [-0.4, -0.2) is 61.4 Å². The van der Waals surface area contributed by atoms with Crippen LogP contribution < -0.4 is 5.11 Å². The first-order chi connectivity index (χ1) is 11.7. The van der Waals surface area contributed by atoms with E-state index in [1.807, 2.05) is 21.1 Å². The smallest absolute Gasteiger partial charge is 0.335 e. The highest BCUT2D eigenvalue weighted by Crippen LogP contribution is 2.12. The maximum Gasteiger partial charge on any atom is 0.335 e. The number of rotatable bonds is 15. The van der Waals surface area contributed by atoms with Crippen molar-refractivity contribution in [1.29, 1.82) is 0 Å². The van der Waals surface area contributed by atoms with Gasteiger partial charge in [-0.2, -0.15) is 0 Å². The summed E-state index contributed by atoms with van der Waals surface area (Å²) in [4.78, 5) is 22.8. The number of aliphatic hydroxyl groups is 1. The zero-order valence-electron chi connectivity index (χ0n) is 16.5. The maximum absolute atomic E-state index is 12.0. The number of carboxylic acids is 1. The predicted octanol–water partition coefficient (Wildman–Crippen LogP) is 1.64. The minimum Gasteiger partial charge on any atom is -0.550 e. The zero-order chi connectivity index (χ0) is 19.3. The fourth-order valence-electron chi connectivity index (χ4n) is 2.77. The number of ether oxygens (including phenoxy) is 1. The Balaban J connectivity index is 4.05. The van der Waals surface area contributed by atoms with Crippen molar-refractivity contribution in [3.8, 4) is 0 Å². The highest BCUT2D eigenvalue weighted by Gasteiger charge is 2.25. The second-order valence-corrected chi connectivity index (χ2v) is 7.89. The van der Waals surface area contributed by atoms with Crippen LogP contribution in [0.4, 0.5) is 0 Å². The third kappa shape index (κ3) is 14.9. The molecule has 6 nitrogen and oxygen atoms in total. The molecule has 0 aliphatic heterocycles. The Labute approximate surface area is 152 Å². The first-order valence-electron chi connectivity index (χ1n) is 9.54. The van der Waals surface area contributed by atoms with E-state index >= 15 is 0 Å². The lowest BCUT2D eigenvalue weighted by atomic mass is 10.1. The van der Waals surface area contributed by atoms with Gasteiger partial charge in [-0.25, -0.2) is 4.79 Å². The summed E-state index contributed by atoms with van der Waals surface area (Å²) >= 11 is 0. The van der Waals surface area contributed by atoms with Crippen molar-refractivity contribution in [2.45, 2.75) is 83.3 Å². The van der Waals surface area contributed by atoms with Crippen LogP contribution in [0.1, 0.15) is 71.1 Å². The van der Waals surface area contributed by atoms with Gasteiger partial charge in [0.15, 0.2) is 12.2 Å². The number of quaternary nitrogens is 1. The molecule has 0 rings (SSSR count). The van der Waals surface area contributed by atoms with Crippen LogP contribution in [-0.2, 0) is 14.3 Å². The van der Waals surface area contributed by atoms with Gasteiger partial charge in [-0.05, 0) is 6.42 Å². The summed E-state index contributed by atoms with van der Waals surface area (Å²) in [5.74, 6) is -1.99. The van der Waals surface area contributed by atoms with Crippen molar-refractivity contribution in [2.75, 3.05) is 27.7 Å². The van der Waals surface area contributed by atoms with Gasteiger partial charge in [0.05, 0.1) is 21.1 Å². The molecular formula is C19H37NO5. The van der Waals surface area contributed by atoms with E-state index in [4.69, 9.17) is 4.74 Å². The van der Waals surface area contributed by atoms with Crippen LogP contribution in [0, 0.1) is 0 Å². The molecule has 0 aromatic rings. The summed E-state index contributed by atoms with van der Waals surface area (Å²) in [5, 5.41) is 20.7. The number of likely N-dealkylation sites (N-methyl/N-ethyl adjacent to an activating group) is 1. The topological polar surface area (TPSA) is 86.7 Å². The first-order valence-corrected chi connectivity index (χ1v) is 9.54. The number of carbonyl (C=O) groups is 2. The Morgan fingerprint density at radius 2 is 1.52 bits per heavy atom. The summed E-state index contributed by atoms with van der Waals surface area (Å²) < 4.78 is 5.65. The Hall–Kier alpha value is -1.14. The van der Waals surface area contributed by atoms with E-state index in [0.29, 0.717) is 17.4 Å². The van der Waals surface area contributed by atoms with Crippen LogP contribution in [0.25, 0.3) is 0 Å². The van der Waals surface area contributed by atoms with E-state index in [0.717, 1.165) is 19.3 Å². The third-order valence-electron chi connectivity index (χ3n) is 4.03. The molecule has 0 spiro atoms. The summed E-state index contributed by atoms with van der Waals surface area (Å²) in [6.07, 6.45) is 7.13. The monoisotopic (exact) mass is 359 g/mol. The van der Waals surface area contributed by atoms with E-state index < -0.39 is 24.1 Å². The van der Waals surface area contributed by atoms with Crippen LogP contribution in [0.5, 0.6) is 0 Å². The predicted molar refractivity (Wildman–Crippen MR) is 95.6 cm³/mol. The van der Waals surface area contributed by atoms with Crippen molar-refractivity contribution in [3.05, 3.63) is 0 Å². The molecule has 2 atom stereocenters. The van der Waals surface area contributed by atoms with Gasteiger partial charge in [0.1, 0.15) is 6.54 Å². The van der Waals surface area contributed by atoms with Gasteiger partial charge < -0.3 is 24.2 Å². The van der Waals surface area contributed by atoms with Crippen LogP contribution in [0.3, 0.4) is 0 Å². The van der Waals surface area contributed by atoms with Gasteiger partial charge >= 0.3 is 5.97 Å². The number of nitrogens with zero attached hydrogens (tertiary/aromatic N) is 1. The fraction of sp³-hybridized carbons (Fsp3) is 0.895.